The van der Waals surface area contributed by atoms with Gasteiger partial charge in [-0.25, -0.2) is 9.71 Å². The highest BCUT2D eigenvalue weighted by Crippen LogP contribution is 2.57. The average Bonchev–Trinajstić information content (AvgIpc) is 3.53. The zero-order valence-electron chi connectivity index (χ0n) is 38.1. The molecule has 1 saturated heterocycles. The number of hydrogen-bond donors (Lipinski definition) is 1. The highest BCUT2D eigenvalue weighted by Gasteiger charge is 2.61. The molecule has 0 spiro atoms. The third-order valence-corrected chi connectivity index (χ3v) is 15.5. The molecule has 0 radical (unpaired) electrons. The number of para-hydroxylation sites is 1. The third kappa shape index (κ3) is 10.9. The summed E-state index contributed by atoms with van der Waals surface area (Å²) in [5.41, 5.74) is 1.62. The number of esters is 1. The smallest absolute Gasteiger partial charge is 0.307 e. The van der Waals surface area contributed by atoms with Crippen molar-refractivity contribution < 1.29 is 37.1 Å². The molecule has 1 N–H and O–H groups in total. The largest absolute Gasteiger partial charge is 0.460 e. The van der Waals surface area contributed by atoms with Crippen molar-refractivity contribution in [2.75, 3.05) is 20.6 Å². The fraction of sp³-hybridized carbons (Fsp3) is 0.660. The van der Waals surface area contributed by atoms with Gasteiger partial charge in [0, 0.05) is 49.8 Å². The van der Waals surface area contributed by atoms with Crippen molar-refractivity contribution >= 4 is 56.1 Å². The van der Waals surface area contributed by atoms with Crippen LogP contribution in [-0.4, -0.2) is 94.1 Å². The van der Waals surface area contributed by atoms with E-state index in [9.17, 15) is 27.6 Å². The number of ether oxygens (including phenoxy) is 2. The number of carbonyl (C=O) groups excluding carboxylic acids is 4. The lowest BCUT2D eigenvalue weighted by molar-refractivity contribution is -0.159. The van der Waals surface area contributed by atoms with Gasteiger partial charge in [-0.05, 0) is 90.7 Å². The molecule has 2 saturated carbocycles. The predicted octanol–water partition coefficient (Wildman–Crippen LogP) is 7.97. The van der Waals surface area contributed by atoms with E-state index in [-0.39, 0.29) is 49.5 Å². The monoisotopic (exact) mass is 906 g/mol. The van der Waals surface area contributed by atoms with E-state index >= 15 is 0 Å². The van der Waals surface area contributed by atoms with Crippen molar-refractivity contribution in [1.82, 2.24) is 28.5 Å². The van der Waals surface area contributed by atoms with Crippen LogP contribution in [0.15, 0.2) is 35.7 Å². The van der Waals surface area contributed by atoms with E-state index in [0.29, 0.717) is 31.2 Å². The topological polar surface area (TPSA) is 170 Å². The first kappa shape index (κ1) is 46.8. The minimum Gasteiger partial charge on any atom is -0.460 e. The van der Waals surface area contributed by atoms with Crippen LogP contribution in [0.2, 0.25) is 0 Å². The maximum Gasteiger partial charge on any atom is 0.307 e. The van der Waals surface area contributed by atoms with Crippen LogP contribution in [-0.2, 0) is 40.5 Å². The van der Waals surface area contributed by atoms with Gasteiger partial charge >= 0.3 is 16.2 Å². The van der Waals surface area contributed by atoms with Crippen LogP contribution in [0.25, 0.3) is 21.6 Å². The molecule has 5 atom stereocenters. The van der Waals surface area contributed by atoms with Crippen molar-refractivity contribution in [3.63, 3.8) is 0 Å². The Hall–Kier alpha value is -4.15. The maximum absolute atomic E-state index is 14.8. The summed E-state index contributed by atoms with van der Waals surface area (Å²) >= 11 is 1.62. The summed E-state index contributed by atoms with van der Waals surface area (Å²) in [6, 6.07) is 5.39. The Balaban J connectivity index is 1.20. The minimum absolute atomic E-state index is 0.0524. The van der Waals surface area contributed by atoms with E-state index in [4.69, 9.17) is 19.4 Å². The summed E-state index contributed by atoms with van der Waals surface area (Å²) in [7, 11) is -1.47. The lowest BCUT2D eigenvalue weighted by atomic mass is 9.86. The fourth-order valence-electron chi connectivity index (χ4n) is 9.73. The standard InChI is InChI=1S/C47H66N6O8S2/c1-30(2)53-37-22-16-21-36(42-48-34(29-62-42)23-31-17-12-11-13-18-31)41(37)49-45(53)60-35-25-38-39(54)27-47(44(57)50-63(58,59)51(6)7)26-33(47)20-15-10-8-9-14-19-32(43(56)52(38)28-35)24-40(55)61-46(3,4)5/h15-16,20-22,29-33,35,38H,8-14,17-19,23-28H2,1-7H3,(H,50,57)/b20-15-/t32-,33-,35-,38+,47-/m1/s1. The Labute approximate surface area is 376 Å². The number of fused-ring (bicyclic) bond motifs is 3. The number of allylic oxidation sites excluding steroid dienone is 2. The SMILES string of the molecule is CC(C)n1c(O[C@@H]2C[C@H]3C(=O)C[C@]4(C(=O)NS(=O)(=O)N(C)C)C[C@H]4/C=C\CCCCC[C@H](CC(=O)OC(C)(C)C)C(=O)N3C2)nc2c(-c3nc(CC4CCCCC4)cs3)cccc21. The molecule has 16 heteroatoms. The number of hydrogen-bond acceptors (Lipinski definition) is 11. The van der Waals surface area contributed by atoms with E-state index in [0.717, 1.165) is 57.3 Å². The Bertz CT molecular complexity index is 2310. The summed E-state index contributed by atoms with van der Waals surface area (Å²) in [5, 5.41) is 3.06. The molecule has 2 aliphatic heterocycles. The normalized spacial score (nSPS) is 26.0. The first-order chi connectivity index (χ1) is 29.8. The zero-order chi connectivity index (χ0) is 45.3. The summed E-state index contributed by atoms with van der Waals surface area (Å²) in [6.45, 7) is 9.53. The van der Waals surface area contributed by atoms with Crippen molar-refractivity contribution in [2.45, 2.75) is 155 Å². The molecule has 4 heterocycles. The number of amides is 2. The van der Waals surface area contributed by atoms with Crippen molar-refractivity contribution in [3.05, 3.63) is 41.4 Å². The highest BCUT2D eigenvalue weighted by atomic mass is 32.2. The van der Waals surface area contributed by atoms with Crippen LogP contribution in [0.5, 0.6) is 6.01 Å². The fourth-order valence-corrected chi connectivity index (χ4v) is 11.2. The molecule has 14 nitrogen and oxygen atoms in total. The van der Waals surface area contributed by atoms with Gasteiger partial charge in [-0.1, -0.05) is 63.2 Å². The van der Waals surface area contributed by atoms with Gasteiger partial charge in [0.1, 0.15) is 22.2 Å². The molecule has 2 amide bonds. The van der Waals surface area contributed by atoms with Gasteiger partial charge in [0.25, 0.3) is 6.01 Å². The van der Waals surface area contributed by atoms with Crippen LogP contribution in [0, 0.1) is 23.2 Å². The molecule has 2 aliphatic carbocycles. The maximum atomic E-state index is 14.8. The second kappa shape index (κ2) is 19.1. The van der Waals surface area contributed by atoms with Crippen LogP contribution < -0.4 is 9.46 Å². The van der Waals surface area contributed by atoms with Crippen LogP contribution in [0.1, 0.15) is 136 Å². The number of thiazole rings is 1. The average molecular weight is 907 g/mol. The summed E-state index contributed by atoms with van der Waals surface area (Å²) in [4.78, 5) is 68.5. The molecule has 7 rings (SSSR count). The lowest BCUT2D eigenvalue weighted by Gasteiger charge is -2.29. The van der Waals surface area contributed by atoms with Crippen molar-refractivity contribution in [2.24, 2.45) is 23.2 Å². The Kier molecular flexibility index (Phi) is 14.2. The van der Waals surface area contributed by atoms with E-state index < -0.39 is 51.2 Å². The van der Waals surface area contributed by atoms with Gasteiger partial charge in [0.15, 0.2) is 5.78 Å². The number of benzene rings is 1. The molecule has 4 aliphatic rings. The van der Waals surface area contributed by atoms with E-state index in [1.807, 2.05) is 34.9 Å². The van der Waals surface area contributed by atoms with Gasteiger partial charge < -0.3 is 14.4 Å². The number of nitrogens with zero attached hydrogens (tertiary/aromatic N) is 5. The van der Waals surface area contributed by atoms with Gasteiger partial charge in [0.05, 0.1) is 35.6 Å². The van der Waals surface area contributed by atoms with Crippen LogP contribution in [0.3, 0.4) is 0 Å². The van der Waals surface area contributed by atoms with Crippen LogP contribution in [0.4, 0.5) is 0 Å². The van der Waals surface area contributed by atoms with Gasteiger partial charge in [-0.2, -0.15) is 17.7 Å². The molecule has 2 aromatic heterocycles. The Morgan fingerprint density at radius 3 is 2.48 bits per heavy atom. The number of rotatable bonds is 11. The second-order valence-corrected chi connectivity index (χ2v) is 22.5. The molecule has 63 heavy (non-hydrogen) atoms. The first-order valence-electron chi connectivity index (χ1n) is 22.9. The number of carbonyl (C=O) groups is 4. The van der Waals surface area contributed by atoms with Gasteiger partial charge in [-0.15, -0.1) is 11.3 Å². The molecule has 0 bridgehead atoms. The molecule has 1 aromatic carbocycles. The third-order valence-electron chi connectivity index (χ3n) is 13.2. The molecule has 344 valence electrons. The number of Topliss-reactive ketones (excluding diaryl/α,β-unsaturated/α-hetero) is 1. The van der Waals surface area contributed by atoms with Gasteiger partial charge in [-0.3, -0.25) is 23.7 Å². The number of imidazole rings is 1. The number of aromatic nitrogens is 3. The number of nitrogens with one attached hydrogen (secondary N) is 1. The molecule has 0 unspecified atom stereocenters. The Morgan fingerprint density at radius 1 is 1.03 bits per heavy atom. The van der Waals surface area contributed by atoms with Crippen LogP contribution >= 0.6 is 11.3 Å². The molecule has 3 aromatic rings. The zero-order valence-corrected chi connectivity index (χ0v) is 39.7. The summed E-state index contributed by atoms with van der Waals surface area (Å²) < 4.78 is 43.4. The quantitative estimate of drug-likeness (QED) is 0.147. The molecule has 3 fully saturated rings. The van der Waals surface area contributed by atoms with Crippen molar-refractivity contribution in [1.29, 1.82) is 0 Å². The number of ketones is 1. The van der Waals surface area contributed by atoms with E-state index in [1.54, 1.807) is 32.1 Å². The second-order valence-electron chi connectivity index (χ2n) is 19.7. The van der Waals surface area contributed by atoms with E-state index in [1.165, 1.54) is 51.1 Å². The minimum atomic E-state index is -4.13. The highest BCUT2D eigenvalue weighted by molar-refractivity contribution is 7.87. The summed E-state index contributed by atoms with van der Waals surface area (Å²) in [6.07, 6.45) is 14.1. The predicted molar refractivity (Wildman–Crippen MR) is 243 cm³/mol. The first-order valence-corrected chi connectivity index (χ1v) is 25.3. The van der Waals surface area contributed by atoms with Crippen molar-refractivity contribution in [3.8, 4) is 16.6 Å². The van der Waals surface area contributed by atoms with Gasteiger partial charge in [0.2, 0.25) is 11.8 Å². The molecular weight excluding hydrogens is 841 g/mol. The molecular formula is C47H66N6O8S2. The lowest BCUT2D eigenvalue weighted by Crippen LogP contribution is -2.47. The van der Waals surface area contributed by atoms with E-state index in [2.05, 4.69) is 23.9 Å². The summed E-state index contributed by atoms with van der Waals surface area (Å²) in [5.74, 6) is -2.35. The Morgan fingerprint density at radius 2 is 1.76 bits per heavy atom.